The maximum absolute atomic E-state index is 13.1. The molecule has 1 amide bonds. The molecule has 0 aromatic heterocycles. The van der Waals surface area contributed by atoms with E-state index in [1.54, 1.807) is 0 Å². The van der Waals surface area contributed by atoms with Crippen LogP contribution in [-0.4, -0.2) is 30.0 Å². The molecule has 1 saturated heterocycles. The van der Waals surface area contributed by atoms with Gasteiger partial charge in [-0.15, -0.1) is 0 Å². The second-order valence-corrected chi connectivity index (χ2v) is 4.44. The molecule has 0 radical (unpaired) electrons. The van der Waals surface area contributed by atoms with Crippen LogP contribution in [0.1, 0.15) is 23.2 Å². The molecule has 1 fully saturated rings. The Hall–Kier alpha value is -2.02. The van der Waals surface area contributed by atoms with Crippen molar-refractivity contribution >= 4 is 11.6 Å². The van der Waals surface area contributed by atoms with E-state index in [4.69, 9.17) is 0 Å². The van der Waals surface area contributed by atoms with E-state index in [2.05, 4.69) is 10.6 Å². The van der Waals surface area contributed by atoms with Gasteiger partial charge in [0.1, 0.15) is 11.4 Å². The number of rotatable bonds is 3. The second kappa shape index (κ2) is 5.75. The third-order valence-electron chi connectivity index (χ3n) is 3.03. The normalized spacial score (nSPS) is 18.9. The molecular formula is C12H14FN3O3. The Morgan fingerprint density at radius 2 is 2.32 bits per heavy atom. The van der Waals surface area contributed by atoms with Gasteiger partial charge in [-0.2, -0.15) is 0 Å². The fourth-order valence-electron chi connectivity index (χ4n) is 2.09. The first-order valence-electron chi connectivity index (χ1n) is 6.03. The minimum atomic E-state index is -0.687. The number of nitrogens with one attached hydrogen (secondary N) is 2. The molecule has 0 spiro atoms. The van der Waals surface area contributed by atoms with Crippen LogP contribution in [0.25, 0.3) is 0 Å². The number of piperidine rings is 1. The van der Waals surface area contributed by atoms with E-state index in [0.29, 0.717) is 6.54 Å². The zero-order valence-electron chi connectivity index (χ0n) is 10.2. The predicted molar refractivity (Wildman–Crippen MR) is 66.4 cm³/mol. The summed E-state index contributed by atoms with van der Waals surface area (Å²) < 4.78 is 13.1. The summed E-state index contributed by atoms with van der Waals surface area (Å²) in [6.07, 6.45) is 1.73. The van der Waals surface area contributed by atoms with Crippen molar-refractivity contribution in [2.75, 3.05) is 13.1 Å². The molecule has 2 N–H and O–H groups in total. The molecule has 7 heteroatoms. The van der Waals surface area contributed by atoms with Crippen LogP contribution in [0.15, 0.2) is 18.2 Å². The van der Waals surface area contributed by atoms with E-state index in [9.17, 15) is 19.3 Å². The maximum Gasteiger partial charge on any atom is 0.282 e. The summed E-state index contributed by atoms with van der Waals surface area (Å²) in [4.78, 5) is 22.1. The number of carbonyl (C=O) groups excluding carboxylic acids is 1. The summed E-state index contributed by atoms with van der Waals surface area (Å²) >= 11 is 0. The van der Waals surface area contributed by atoms with Gasteiger partial charge in [0.15, 0.2) is 0 Å². The van der Waals surface area contributed by atoms with Crippen LogP contribution in [0.2, 0.25) is 0 Å². The predicted octanol–water partition coefficient (Wildman–Crippen LogP) is 1.22. The Bertz CT molecular complexity index is 501. The van der Waals surface area contributed by atoms with Gasteiger partial charge in [0.05, 0.1) is 4.92 Å². The summed E-state index contributed by atoms with van der Waals surface area (Å²) in [6, 6.07) is 2.79. The number of nitro benzene ring substituents is 1. The van der Waals surface area contributed by atoms with E-state index in [0.717, 1.165) is 37.6 Å². The molecule has 2 rings (SSSR count). The Labute approximate surface area is 109 Å². The third kappa shape index (κ3) is 3.25. The van der Waals surface area contributed by atoms with E-state index >= 15 is 0 Å². The minimum Gasteiger partial charge on any atom is -0.348 e. The molecule has 1 aromatic carbocycles. The van der Waals surface area contributed by atoms with Crippen molar-refractivity contribution in [2.45, 2.75) is 18.9 Å². The molecule has 1 aliphatic rings. The number of halogens is 1. The fraction of sp³-hybridized carbons (Fsp3) is 0.417. The number of nitrogens with zero attached hydrogens (tertiary/aromatic N) is 1. The lowest BCUT2D eigenvalue weighted by Gasteiger charge is -2.23. The maximum atomic E-state index is 13.1. The van der Waals surface area contributed by atoms with Crippen LogP contribution < -0.4 is 10.6 Å². The highest BCUT2D eigenvalue weighted by Crippen LogP contribution is 2.19. The lowest BCUT2D eigenvalue weighted by molar-refractivity contribution is -0.385. The molecule has 1 atom stereocenters. The van der Waals surface area contributed by atoms with Crippen molar-refractivity contribution in [3.8, 4) is 0 Å². The highest BCUT2D eigenvalue weighted by Gasteiger charge is 2.23. The number of carbonyl (C=O) groups is 1. The lowest BCUT2D eigenvalue weighted by Crippen LogP contribution is -2.45. The van der Waals surface area contributed by atoms with Crippen molar-refractivity contribution < 1.29 is 14.1 Å². The van der Waals surface area contributed by atoms with E-state index < -0.39 is 16.6 Å². The third-order valence-corrected chi connectivity index (χ3v) is 3.03. The topological polar surface area (TPSA) is 84.3 Å². The van der Waals surface area contributed by atoms with Crippen molar-refractivity contribution in [2.24, 2.45) is 0 Å². The number of nitro groups is 1. The van der Waals surface area contributed by atoms with Crippen LogP contribution in [0.5, 0.6) is 0 Å². The summed E-state index contributed by atoms with van der Waals surface area (Å²) in [5.74, 6) is -1.28. The molecule has 0 saturated carbocycles. The molecule has 1 heterocycles. The Morgan fingerprint density at radius 1 is 1.53 bits per heavy atom. The quantitative estimate of drug-likeness (QED) is 0.637. The first kappa shape index (κ1) is 13.4. The standard InChI is InChI=1S/C12H14FN3O3/c13-8-3-4-11(16(18)19)10(6-8)12(17)15-9-2-1-5-14-7-9/h3-4,6,9,14H,1-2,5,7H2,(H,15,17). The van der Waals surface area contributed by atoms with Gasteiger partial charge in [0.25, 0.3) is 11.6 Å². The summed E-state index contributed by atoms with van der Waals surface area (Å²) in [6.45, 7) is 1.52. The zero-order chi connectivity index (χ0) is 13.8. The minimum absolute atomic E-state index is 0.0795. The molecule has 1 unspecified atom stereocenters. The fourth-order valence-corrected chi connectivity index (χ4v) is 2.09. The number of benzene rings is 1. The van der Waals surface area contributed by atoms with Crippen molar-refractivity contribution in [3.05, 3.63) is 39.7 Å². The van der Waals surface area contributed by atoms with Gasteiger partial charge >= 0.3 is 0 Å². The molecule has 1 aromatic rings. The Kier molecular flexibility index (Phi) is 4.06. The van der Waals surface area contributed by atoms with E-state index in [-0.39, 0.29) is 17.3 Å². The second-order valence-electron chi connectivity index (χ2n) is 4.44. The number of hydrogen-bond donors (Lipinski definition) is 2. The van der Waals surface area contributed by atoms with Gasteiger partial charge in [0, 0.05) is 18.7 Å². The van der Waals surface area contributed by atoms with Crippen molar-refractivity contribution in [3.63, 3.8) is 0 Å². The molecule has 0 bridgehead atoms. The molecule has 0 aliphatic carbocycles. The highest BCUT2D eigenvalue weighted by molar-refractivity contribution is 5.98. The van der Waals surface area contributed by atoms with Crippen LogP contribution in [-0.2, 0) is 0 Å². The van der Waals surface area contributed by atoms with Crippen molar-refractivity contribution in [1.29, 1.82) is 0 Å². The zero-order valence-corrected chi connectivity index (χ0v) is 10.2. The van der Waals surface area contributed by atoms with Gasteiger partial charge in [-0.25, -0.2) is 4.39 Å². The van der Waals surface area contributed by atoms with Crippen LogP contribution in [0.4, 0.5) is 10.1 Å². The summed E-state index contributed by atoms with van der Waals surface area (Å²) in [5, 5.41) is 16.6. The molecule has 19 heavy (non-hydrogen) atoms. The monoisotopic (exact) mass is 267 g/mol. The largest absolute Gasteiger partial charge is 0.348 e. The Balaban J connectivity index is 2.17. The van der Waals surface area contributed by atoms with Gasteiger partial charge in [-0.1, -0.05) is 0 Å². The van der Waals surface area contributed by atoms with E-state index in [1.165, 1.54) is 0 Å². The number of amides is 1. The molecule has 102 valence electrons. The smallest absolute Gasteiger partial charge is 0.282 e. The van der Waals surface area contributed by atoms with Crippen LogP contribution in [0, 0.1) is 15.9 Å². The first-order valence-corrected chi connectivity index (χ1v) is 6.03. The number of hydrogen-bond acceptors (Lipinski definition) is 4. The van der Waals surface area contributed by atoms with Gasteiger partial charge in [0.2, 0.25) is 0 Å². The average molecular weight is 267 g/mol. The highest BCUT2D eigenvalue weighted by atomic mass is 19.1. The van der Waals surface area contributed by atoms with Gasteiger partial charge in [-0.05, 0) is 31.5 Å². The molecule has 6 nitrogen and oxygen atoms in total. The first-order chi connectivity index (χ1) is 9.08. The summed E-state index contributed by atoms with van der Waals surface area (Å²) in [7, 11) is 0. The van der Waals surface area contributed by atoms with Gasteiger partial charge < -0.3 is 10.6 Å². The van der Waals surface area contributed by atoms with Crippen LogP contribution in [0.3, 0.4) is 0 Å². The lowest BCUT2D eigenvalue weighted by atomic mass is 10.1. The van der Waals surface area contributed by atoms with Gasteiger partial charge in [-0.3, -0.25) is 14.9 Å². The molecule has 1 aliphatic heterocycles. The van der Waals surface area contributed by atoms with Crippen LogP contribution >= 0.6 is 0 Å². The Morgan fingerprint density at radius 3 is 2.95 bits per heavy atom. The van der Waals surface area contributed by atoms with Crippen molar-refractivity contribution in [1.82, 2.24) is 10.6 Å². The SMILES string of the molecule is O=C(NC1CCCNC1)c1cc(F)ccc1[N+](=O)[O-]. The summed E-state index contributed by atoms with van der Waals surface area (Å²) in [5.41, 5.74) is -0.627. The molecular weight excluding hydrogens is 253 g/mol. The van der Waals surface area contributed by atoms with E-state index in [1.807, 2.05) is 0 Å². The average Bonchev–Trinajstić information content (AvgIpc) is 2.39.